The number of benzene rings is 3. The van der Waals surface area contributed by atoms with Crippen molar-refractivity contribution in [2.45, 2.75) is 13.5 Å². The SMILES string of the molecule is Cc1ccc(/C(C#N)=C/c2ccc(OCc3ccc(Cl)cc3)cc2)cc1. The predicted octanol–water partition coefficient (Wildman–Crippen LogP) is 6.29. The summed E-state index contributed by atoms with van der Waals surface area (Å²) in [6.45, 7) is 2.52. The zero-order chi connectivity index (χ0) is 18.4. The van der Waals surface area contributed by atoms with Crippen LogP contribution >= 0.6 is 11.6 Å². The van der Waals surface area contributed by atoms with Crippen LogP contribution in [0.5, 0.6) is 5.75 Å². The van der Waals surface area contributed by atoms with E-state index in [1.165, 1.54) is 5.56 Å². The van der Waals surface area contributed by atoms with Crippen LogP contribution in [0.15, 0.2) is 72.8 Å². The molecule has 0 aliphatic heterocycles. The standard InChI is InChI=1S/C23H18ClNO/c1-17-2-8-20(9-3-17)21(15-25)14-18-6-12-23(13-7-18)26-16-19-4-10-22(24)11-5-19/h2-14H,16H2,1H3/b21-14+. The highest BCUT2D eigenvalue weighted by atomic mass is 35.5. The first-order chi connectivity index (χ1) is 12.6. The number of allylic oxidation sites excluding steroid dienone is 1. The molecule has 0 unspecified atom stereocenters. The lowest BCUT2D eigenvalue weighted by Gasteiger charge is -2.07. The summed E-state index contributed by atoms with van der Waals surface area (Å²) in [6, 6.07) is 25.5. The van der Waals surface area contributed by atoms with Gasteiger partial charge in [-0.15, -0.1) is 0 Å². The largest absolute Gasteiger partial charge is 0.489 e. The van der Waals surface area contributed by atoms with Gasteiger partial charge in [0.2, 0.25) is 0 Å². The van der Waals surface area contributed by atoms with Gasteiger partial charge in [0.05, 0.1) is 11.6 Å². The molecule has 0 bridgehead atoms. The summed E-state index contributed by atoms with van der Waals surface area (Å²) in [6.07, 6.45) is 1.88. The van der Waals surface area contributed by atoms with Gasteiger partial charge in [-0.2, -0.15) is 5.26 Å². The van der Waals surface area contributed by atoms with Crippen molar-refractivity contribution in [2.75, 3.05) is 0 Å². The van der Waals surface area contributed by atoms with E-state index in [0.717, 1.165) is 22.4 Å². The van der Waals surface area contributed by atoms with Crippen molar-refractivity contribution < 1.29 is 4.74 Å². The van der Waals surface area contributed by atoms with E-state index in [4.69, 9.17) is 16.3 Å². The van der Waals surface area contributed by atoms with E-state index in [1.54, 1.807) is 0 Å². The maximum Gasteiger partial charge on any atom is 0.119 e. The fourth-order valence-electron chi connectivity index (χ4n) is 2.49. The Kier molecular flexibility index (Phi) is 5.73. The summed E-state index contributed by atoms with van der Waals surface area (Å²) in [5.41, 5.74) is 4.75. The van der Waals surface area contributed by atoms with Crippen molar-refractivity contribution >= 4 is 23.3 Å². The lowest BCUT2D eigenvalue weighted by atomic mass is 10.0. The third kappa shape index (κ3) is 4.75. The summed E-state index contributed by atoms with van der Waals surface area (Å²) in [5.74, 6) is 0.783. The van der Waals surface area contributed by atoms with E-state index in [1.807, 2.05) is 85.8 Å². The molecule has 26 heavy (non-hydrogen) atoms. The van der Waals surface area contributed by atoms with Crippen LogP contribution in [0.1, 0.15) is 22.3 Å². The number of hydrogen-bond donors (Lipinski definition) is 0. The van der Waals surface area contributed by atoms with E-state index in [0.29, 0.717) is 17.2 Å². The number of aryl methyl sites for hydroxylation is 1. The molecule has 0 amide bonds. The number of halogens is 1. The molecule has 0 fully saturated rings. The minimum atomic E-state index is 0.485. The Balaban J connectivity index is 1.69. The second-order valence-corrected chi connectivity index (χ2v) is 6.46. The van der Waals surface area contributed by atoms with Crippen molar-refractivity contribution in [3.8, 4) is 11.8 Å². The molecular weight excluding hydrogens is 342 g/mol. The van der Waals surface area contributed by atoms with Crippen LogP contribution in [0.4, 0.5) is 0 Å². The van der Waals surface area contributed by atoms with Crippen LogP contribution in [-0.4, -0.2) is 0 Å². The molecule has 0 saturated carbocycles. The van der Waals surface area contributed by atoms with E-state index in [-0.39, 0.29) is 0 Å². The number of nitrogens with zero attached hydrogens (tertiary/aromatic N) is 1. The van der Waals surface area contributed by atoms with Gasteiger partial charge in [0.25, 0.3) is 0 Å². The maximum atomic E-state index is 9.44. The molecule has 0 heterocycles. The quantitative estimate of drug-likeness (QED) is 0.396. The highest BCUT2D eigenvalue weighted by Gasteiger charge is 2.02. The van der Waals surface area contributed by atoms with Gasteiger partial charge in [-0.3, -0.25) is 0 Å². The van der Waals surface area contributed by atoms with Gasteiger partial charge in [0.1, 0.15) is 12.4 Å². The Morgan fingerprint density at radius 3 is 2.23 bits per heavy atom. The fraction of sp³-hybridized carbons (Fsp3) is 0.0870. The number of nitriles is 1. The average Bonchev–Trinajstić information content (AvgIpc) is 2.67. The lowest BCUT2D eigenvalue weighted by molar-refractivity contribution is 0.306. The van der Waals surface area contributed by atoms with Gasteiger partial charge in [0.15, 0.2) is 0 Å². The molecule has 0 aliphatic carbocycles. The average molecular weight is 360 g/mol. The molecule has 0 saturated heterocycles. The normalized spacial score (nSPS) is 11.0. The molecule has 0 aromatic heterocycles. The van der Waals surface area contributed by atoms with Gasteiger partial charge in [-0.1, -0.05) is 65.7 Å². The zero-order valence-corrected chi connectivity index (χ0v) is 15.2. The second kappa shape index (κ2) is 8.38. The molecule has 3 aromatic carbocycles. The zero-order valence-electron chi connectivity index (χ0n) is 14.4. The number of ether oxygens (including phenoxy) is 1. The molecule has 0 spiro atoms. The van der Waals surface area contributed by atoms with E-state index in [9.17, 15) is 5.26 Å². The minimum Gasteiger partial charge on any atom is -0.489 e. The molecule has 3 rings (SSSR count). The first-order valence-electron chi connectivity index (χ1n) is 8.30. The molecule has 2 nitrogen and oxygen atoms in total. The van der Waals surface area contributed by atoms with Gasteiger partial charge >= 0.3 is 0 Å². The fourth-order valence-corrected chi connectivity index (χ4v) is 2.61. The van der Waals surface area contributed by atoms with Crippen molar-refractivity contribution in [2.24, 2.45) is 0 Å². The Morgan fingerprint density at radius 1 is 0.962 bits per heavy atom. The monoisotopic (exact) mass is 359 g/mol. The molecule has 0 aliphatic rings. The molecular formula is C23H18ClNO. The third-order valence-corrected chi connectivity index (χ3v) is 4.24. The Hall–Kier alpha value is -3.02. The Morgan fingerprint density at radius 2 is 1.62 bits per heavy atom. The van der Waals surface area contributed by atoms with Crippen LogP contribution in [-0.2, 0) is 6.61 Å². The van der Waals surface area contributed by atoms with Crippen molar-refractivity contribution in [1.29, 1.82) is 5.26 Å². The van der Waals surface area contributed by atoms with Crippen LogP contribution in [0.2, 0.25) is 5.02 Å². The predicted molar refractivity (Wildman–Crippen MR) is 107 cm³/mol. The third-order valence-electron chi connectivity index (χ3n) is 3.99. The van der Waals surface area contributed by atoms with Gasteiger partial charge in [0, 0.05) is 5.02 Å². The smallest absolute Gasteiger partial charge is 0.119 e. The maximum absolute atomic E-state index is 9.44. The Labute approximate surface area is 158 Å². The minimum absolute atomic E-state index is 0.485. The van der Waals surface area contributed by atoms with Gasteiger partial charge in [-0.25, -0.2) is 0 Å². The van der Waals surface area contributed by atoms with Crippen LogP contribution in [0.3, 0.4) is 0 Å². The summed E-state index contributed by atoms with van der Waals surface area (Å²) >= 11 is 5.88. The van der Waals surface area contributed by atoms with E-state index < -0.39 is 0 Å². The summed E-state index contributed by atoms with van der Waals surface area (Å²) in [5, 5.41) is 10.2. The first-order valence-corrected chi connectivity index (χ1v) is 8.68. The van der Waals surface area contributed by atoms with Gasteiger partial charge in [-0.05, 0) is 54.0 Å². The van der Waals surface area contributed by atoms with Crippen LogP contribution < -0.4 is 4.74 Å². The molecule has 0 N–H and O–H groups in total. The molecule has 0 atom stereocenters. The van der Waals surface area contributed by atoms with Crippen LogP contribution in [0.25, 0.3) is 11.6 Å². The number of hydrogen-bond acceptors (Lipinski definition) is 2. The molecule has 3 aromatic rings. The van der Waals surface area contributed by atoms with Crippen molar-refractivity contribution in [3.63, 3.8) is 0 Å². The molecule has 128 valence electrons. The molecule has 3 heteroatoms. The highest BCUT2D eigenvalue weighted by Crippen LogP contribution is 2.21. The lowest BCUT2D eigenvalue weighted by Crippen LogP contribution is -1.94. The summed E-state index contributed by atoms with van der Waals surface area (Å²) in [7, 11) is 0. The summed E-state index contributed by atoms with van der Waals surface area (Å²) < 4.78 is 5.79. The van der Waals surface area contributed by atoms with Crippen molar-refractivity contribution in [3.05, 3.63) is 100 Å². The Bertz CT molecular complexity index is 933. The van der Waals surface area contributed by atoms with E-state index >= 15 is 0 Å². The topological polar surface area (TPSA) is 33.0 Å². The second-order valence-electron chi connectivity index (χ2n) is 6.02. The first kappa shape index (κ1) is 17.8. The van der Waals surface area contributed by atoms with E-state index in [2.05, 4.69) is 6.07 Å². The van der Waals surface area contributed by atoms with Crippen LogP contribution in [0, 0.1) is 18.3 Å². The summed E-state index contributed by atoms with van der Waals surface area (Å²) in [4.78, 5) is 0. The highest BCUT2D eigenvalue weighted by molar-refractivity contribution is 6.30. The molecule has 0 radical (unpaired) electrons. The van der Waals surface area contributed by atoms with Crippen molar-refractivity contribution in [1.82, 2.24) is 0 Å². The van der Waals surface area contributed by atoms with Gasteiger partial charge < -0.3 is 4.74 Å². The number of rotatable bonds is 5.